The van der Waals surface area contributed by atoms with E-state index in [-0.39, 0.29) is 19.5 Å². The minimum absolute atomic E-state index is 0. The molecule has 0 bridgehead atoms. The monoisotopic (exact) mass is 264 g/mol. The second-order valence-electron chi connectivity index (χ2n) is 2.79. The first-order chi connectivity index (χ1) is 6.45. The van der Waals surface area contributed by atoms with Crippen molar-refractivity contribution >= 4 is 0 Å². The predicted molar refractivity (Wildman–Crippen MR) is 57.3 cm³/mol. The van der Waals surface area contributed by atoms with Crippen LogP contribution >= 0.6 is 0 Å². The molecule has 0 N–H and O–H groups in total. The molecule has 9 heteroatoms. The van der Waals surface area contributed by atoms with Crippen LogP contribution in [0.25, 0.3) is 31.9 Å². The molecule has 0 radical (unpaired) electrons. The Kier molecular flexibility index (Phi) is 36.7. The maximum absolute atomic E-state index is 6.75. The third-order valence-electron chi connectivity index (χ3n) is 0.994. The minimum Gasteiger partial charge on any atom is -0.373 e. The van der Waals surface area contributed by atoms with Gasteiger partial charge in [-0.15, -0.1) is 0 Å². The Balaban J connectivity index is -0.0000000733. The SMILES string of the molecule is CN(C)CCN(C)C.[N-]=[N+]=[N-].[N-]=[N+]=[N-].[Zn+2]. The molecule has 0 atom stereocenters. The van der Waals surface area contributed by atoms with Crippen molar-refractivity contribution in [1.82, 2.24) is 9.80 Å². The van der Waals surface area contributed by atoms with Crippen LogP contribution in [0.3, 0.4) is 0 Å². The number of hydrogen-bond donors (Lipinski definition) is 0. The number of hydrogen-bond acceptors (Lipinski definition) is 2. The second-order valence-corrected chi connectivity index (χ2v) is 2.79. The van der Waals surface area contributed by atoms with E-state index in [1.165, 1.54) is 9.82 Å². The summed E-state index contributed by atoms with van der Waals surface area (Å²) < 4.78 is 0. The first kappa shape index (κ1) is 23.8. The number of nitrogens with zero attached hydrogens (tertiary/aromatic N) is 8. The van der Waals surface area contributed by atoms with Gasteiger partial charge >= 0.3 is 19.5 Å². The van der Waals surface area contributed by atoms with Gasteiger partial charge in [-0.3, -0.25) is 9.82 Å². The summed E-state index contributed by atoms with van der Waals surface area (Å²) in [5, 5.41) is 0. The Morgan fingerprint density at radius 1 is 0.733 bits per heavy atom. The van der Waals surface area contributed by atoms with Crippen molar-refractivity contribution < 1.29 is 19.5 Å². The van der Waals surface area contributed by atoms with E-state index in [1.54, 1.807) is 0 Å². The summed E-state index contributed by atoms with van der Waals surface area (Å²) in [6.07, 6.45) is 0. The van der Waals surface area contributed by atoms with Gasteiger partial charge in [0.05, 0.1) is 0 Å². The molecule has 0 amide bonds. The molecule has 0 aliphatic carbocycles. The Morgan fingerprint density at radius 3 is 0.933 bits per heavy atom. The van der Waals surface area contributed by atoms with Gasteiger partial charge in [-0.25, -0.2) is 0 Å². The Morgan fingerprint density at radius 2 is 0.867 bits per heavy atom. The molecule has 0 rings (SSSR count). The molecule has 0 fully saturated rings. The minimum atomic E-state index is 0. The topological polar surface area (TPSA) is 124 Å². The molecule has 0 saturated carbocycles. The molecular formula is C6H16N8Zn. The van der Waals surface area contributed by atoms with Crippen molar-refractivity contribution in [3.8, 4) is 0 Å². The normalized spacial score (nSPS) is 7.07. The second kappa shape index (κ2) is 23.2. The van der Waals surface area contributed by atoms with Crippen molar-refractivity contribution in [2.45, 2.75) is 0 Å². The Hall–Kier alpha value is -0.837. The van der Waals surface area contributed by atoms with E-state index in [1.807, 2.05) is 0 Å². The first-order valence-corrected chi connectivity index (χ1v) is 3.72. The summed E-state index contributed by atoms with van der Waals surface area (Å²) in [5.41, 5.74) is 27.0. The van der Waals surface area contributed by atoms with Crippen LogP contribution in [0.1, 0.15) is 0 Å². The molecule has 0 aromatic heterocycles. The van der Waals surface area contributed by atoms with E-state index in [0.717, 1.165) is 13.1 Å². The zero-order valence-corrected chi connectivity index (χ0v) is 12.7. The fourth-order valence-electron chi connectivity index (χ4n) is 0.400. The fourth-order valence-corrected chi connectivity index (χ4v) is 0.400. The standard InChI is InChI=1S/C6H16N2.2N3.Zn/c1-7(2)5-6-8(3)4;2*1-3-2;/h5-6H2,1-4H3;;;/q;2*-1;+2. The summed E-state index contributed by atoms with van der Waals surface area (Å²) in [4.78, 5) is 7.36. The van der Waals surface area contributed by atoms with Crippen molar-refractivity contribution in [3.63, 3.8) is 0 Å². The molecular weight excluding hydrogens is 250 g/mol. The molecule has 0 heterocycles. The van der Waals surface area contributed by atoms with E-state index in [0.29, 0.717) is 0 Å². The smallest absolute Gasteiger partial charge is 0.373 e. The summed E-state index contributed by atoms with van der Waals surface area (Å²) in [7, 11) is 8.35. The van der Waals surface area contributed by atoms with Crippen LogP contribution < -0.4 is 0 Å². The van der Waals surface area contributed by atoms with Crippen LogP contribution in [-0.2, 0) is 19.5 Å². The first-order valence-electron chi connectivity index (χ1n) is 3.72. The largest absolute Gasteiger partial charge is 2.00 e. The average molecular weight is 266 g/mol. The molecule has 0 spiro atoms. The van der Waals surface area contributed by atoms with Gasteiger partial charge in [-0.1, -0.05) is 0 Å². The van der Waals surface area contributed by atoms with Gasteiger partial charge in [0, 0.05) is 13.1 Å². The van der Waals surface area contributed by atoms with Crippen LogP contribution in [0.2, 0.25) is 0 Å². The van der Waals surface area contributed by atoms with E-state index in [9.17, 15) is 0 Å². The fraction of sp³-hybridized carbons (Fsp3) is 1.00. The maximum Gasteiger partial charge on any atom is 2.00 e. The van der Waals surface area contributed by atoms with Crippen LogP contribution in [0.5, 0.6) is 0 Å². The van der Waals surface area contributed by atoms with Crippen LogP contribution in [-0.4, -0.2) is 51.1 Å². The van der Waals surface area contributed by atoms with Crippen LogP contribution in [0, 0.1) is 0 Å². The number of rotatable bonds is 3. The van der Waals surface area contributed by atoms with Crippen molar-refractivity contribution in [1.29, 1.82) is 0 Å². The van der Waals surface area contributed by atoms with Gasteiger partial charge in [0.1, 0.15) is 0 Å². The molecule has 15 heavy (non-hydrogen) atoms. The molecule has 0 aromatic rings. The summed E-state index contributed by atoms with van der Waals surface area (Å²) in [5.74, 6) is 0. The summed E-state index contributed by atoms with van der Waals surface area (Å²) in [6.45, 7) is 2.29. The van der Waals surface area contributed by atoms with Crippen molar-refractivity contribution in [3.05, 3.63) is 31.9 Å². The third-order valence-corrected chi connectivity index (χ3v) is 0.994. The molecule has 0 aliphatic heterocycles. The zero-order valence-electron chi connectivity index (χ0n) is 9.70. The van der Waals surface area contributed by atoms with Gasteiger partial charge < -0.3 is 31.9 Å². The average Bonchev–Trinajstić information content (AvgIpc) is 2.04. The van der Waals surface area contributed by atoms with E-state index >= 15 is 0 Å². The van der Waals surface area contributed by atoms with E-state index in [2.05, 4.69) is 38.0 Å². The van der Waals surface area contributed by atoms with E-state index in [4.69, 9.17) is 22.1 Å². The van der Waals surface area contributed by atoms with Crippen molar-refractivity contribution in [2.75, 3.05) is 41.3 Å². The maximum atomic E-state index is 6.75. The summed E-state index contributed by atoms with van der Waals surface area (Å²) >= 11 is 0. The zero-order chi connectivity index (χ0) is 12.0. The molecule has 0 aliphatic rings. The number of likely N-dealkylation sites (N-methyl/N-ethyl adjacent to an activating group) is 2. The molecule has 0 unspecified atom stereocenters. The van der Waals surface area contributed by atoms with Gasteiger partial charge in [-0.05, 0) is 28.2 Å². The molecule has 82 valence electrons. The van der Waals surface area contributed by atoms with Gasteiger partial charge in [-0.2, -0.15) is 0 Å². The molecule has 8 nitrogen and oxygen atoms in total. The van der Waals surface area contributed by atoms with E-state index < -0.39 is 0 Å². The predicted octanol–water partition coefficient (Wildman–Crippen LogP) is 1.84. The Bertz CT molecular complexity index is 148. The molecule has 0 saturated heterocycles. The Labute approximate surface area is 103 Å². The summed E-state index contributed by atoms with van der Waals surface area (Å²) in [6, 6.07) is 0. The van der Waals surface area contributed by atoms with Gasteiger partial charge in [0.2, 0.25) is 0 Å². The van der Waals surface area contributed by atoms with Gasteiger partial charge in [0.15, 0.2) is 0 Å². The van der Waals surface area contributed by atoms with Crippen molar-refractivity contribution in [2.24, 2.45) is 0 Å². The third kappa shape index (κ3) is 94.6. The quantitative estimate of drug-likeness (QED) is 0.334. The van der Waals surface area contributed by atoms with Gasteiger partial charge in [0.25, 0.3) is 0 Å². The molecule has 0 aromatic carbocycles. The van der Waals surface area contributed by atoms with Crippen LogP contribution in [0.15, 0.2) is 0 Å². The van der Waals surface area contributed by atoms with Crippen LogP contribution in [0.4, 0.5) is 0 Å².